The average Bonchev–Trinajstić information content (AvgIpc) is 4.23. The van der Waals surface area contributed by atoms with E-state index in [-0.39, 0.29) is 0 Å². The fraction of sp³-hybridized carbons (Fsp3) is 0.545. The number of thiophene rings is 4. The highest BCUT2D eigenvalue weighted by atomic mass is 32.1. The van der Waals surface area contributed by atoms with Crippen LogP contribution in [0.5, 0.6) is 0 Å². The predicted octanol–water partition coefficient (Wildman–Crippen LogP) is 23.9. The second-order valence-electron chi connectivity index (χ2n) is 20.5. The minimum absolute atomic E-state index is 1.18. The summed E-state index contributed by atoms with van der Waals surface area (Å²) in [5.41, 5.74) is 8.27. The standard InChI is InChI=1S/C66H92S4/c1-5-9-13-17-19-21-23-25-27-31-35-59-47-49-61(67-59)65-57(33-29-15-11-7-3)51-63(69-65)55-43-39-53(40-44-55)37-38-54-41-45-56(46-42-54)64-52-58(34-30-16-12-8-4)66(70-64)62-50-48-60(68-62)36-32-28-26-24-22-20-18-14-10-6-2/h37-52H,5-36H2,1-4H3/b38-37+. The Bertz CT molecular complexity index is 2130. The van der Waals surface area contributed by atoms with Crippen molar-refractivity contribution in [2.24, 2.45) is 0 Å². The number of aryl methyl sites for hydroxylation is 4. The van der Waals surface area contributed by atoms with E-state index in [0.29, 0.717) is 0 Å². The summed E-state index contributed by atoms with van der Waals surface area (Å²) in [4.78, 5) is 11.9. The van der Waals surface area contributed by atoms with Gasteiger partial charge in [0.2, 0.25) is 0 Å². The molecule has 0 amide bonds. The van der Waals surface area contributed by atoms with Crippen LogP contribution >= 0.6 is 45.3 Å². The van der Waals surface area contributed by atoms with Crippen molar-refractivity contribution in [2.75, 3.05) is 0 Å². The van der Waals surface area contributed by atoms with Crippen LogP contribution in [0.3, 0.4) is 0 Å². The first-order valence-corrected chi connectivity index (χ1v) is 32.2. The topological polar surface area (TPSA) is 0 Å². The lowest BCUT2D eigenvalue weighted by molar-refractivity contribution is 0.557. The van der Waals surface area contributed by atoms with Crippen LogP contribution in [0.1, 0.15) is 239 Å². The molecular formula is C66H92S4. The molecule has 4 heterocycles. The summed E-state index contributed by atoms with van der Waals surface area (Å²) < 4.78 is 0. The zero-order chi connectivity index (χ0) is 48.9. The Kier molecular flexibility index (Phi) is 27.1. The van der Waals surface area contributed by atoms with Crippen LogP contribution in [0.2, 0.25) is 0 Å². The van der Waals surface area contributed by atoms with Gasteiger partial charge in [0.15, 0.2) is 0 Å². The predicted molar refractivity (Wildman–Crippen MR) is 322 cm³/mol. The second-order valence-corrected chi connectivity index (χ2v) is 25.0. The zero-order valence-corrected chi connectivity index (χ0v) is 47.8. The maximum absolute atomic E-state index is 2.52. The van der Waals surface area contributed by atoms with Gasteiger partial charge in [-0.05, 0) is 121 Å². The molecular weight excluding hydrogens is 921 g/mol. The number of rotatable bonds is 38. The van der Waals surface area contributed by atoms with E-state index in [0.717, 1.165) is 0 Å². The van der Waals surface area contributed by atoms with Gasteiger partial charge in [0.05, 0.1) is 0 Å². The molecule has 0 radical (unpaired) electrons. The highest BCUT2D eigenvalue weighted by molar-refractivity contribution is 7.24. The Hall–Kier alpha value is -3.02. The lowest BCUT2D eigenvalue weighted by Crippen LogP contribution is -1.85. The Morgan fingerprint density at radius 2 is 0.586 bits per heavy atom. The van der Waals surface area contributed by atoms with Gasteiger partial charge in [0.25, 0.3) is 0 Å². The van der Waals surface area contributed by atoms with Crippen LogP contribution in [0.25, 0.3) is 52.5 Å². The molecule has 0 aliphatic heterocycles. The van der Waals surface area contributed by atoms with Crippen molar-refractivity contribution < 1.29 is 0 Å². The molecule has 0 bridgehead atoms. The molecule has 0 unspecified atom stereocenters. The molecule has 0 spiro atoms. The smallest absolute Gasteiger partial charge is 0.0481 e. The molecule has 0 aliphatic rings. The summed E-state index contributed by atoms with van der Waals surface area (Å²) in [5.74, 6) is 0. The normalized spacial score (nSPS) is 11.8. The highest BCUT2D eigenvalue weighted by Gasteiger charge is 2.17. The lowest BCUT2D eigenvalue weighted by Gasteiger charge is -2.03. The largest absolute Gasteiger partial charge is 0.139 e. The molecule has 0 N–H and O–H groups in total. The van der Waals surface area contributed by atoms with Crippen LogP contribution in [0, 0.1) is 0 Å². The fourth-order valence-corrected chi connectivity index (χ4v) is 14.8. The number of hydrogen-bond acceptors (Lipinski definition) is 4. The van der Waals surface area contributed by atoms with Crippen LogP contribution < -0.4 is 0 Å². The van der Waals surface area contributed by atoms with Crippen molar-refractivity contribution in [3.05, 3.63) is 117 Å². The molecule has 6 rings (SSSR count). The second kappa shape index (κ2) is 33.7. The first kappa shape index (κ1) is 56.3. The van der Waals surface area contributed by atoms with Gasteiger partial charge in [-0.15, -0.1) is 45.3 Å². The maximum Gasteiger partial charge on any atom is 0.0481 e. The SMILES string of the molecule is CCCCCCCCCCCCc1ccc(-c2sc(-c3ccc(/C=C/c4ccc(-c5cc(CCCCCC)c(-c6ccc(CCCCCCCCCCCC)s6)s5)cc4)cc3)cc2CCCCCC)s1. The summed E-state index contributed by atoms with van der Waals surface area (Å²) in [6, 6.07) is 33.3. The van der Waals surface area contributed by atoms with E-state index in [2.05, 4.69) is 147 Å². The monoisotopic (exact) mass is 1010 g/mol. The summed E-state index contributed by atoms with van der Waals surface area (Å²) >= 11 is 8.12. The van der Waals surface area contributed by atoms with E-state index in [1.807, 2.05) is 22.7 Å². The van der Waals surface area contributed by atoms with Crippen molar-refractivity contribution in [2.45, 2.75) is 233 Å². The molecule has 0 aliphatic carbocycles. The first-order chi connectivity index (χ1) is 34.6. The van der Waals surface area contributed by atoms with Gasteiger partial charge in [0.1, 0.15) is 0 Å². The maximum atomic E-state index is 2.52. The molecule has 6 aromatic rings. The van der Waals surface area contributed by atoms with Gasteiger partial charge in [-0.3, -0.25) is 0 Å². The van der Waals surface area contributed by atoms with Crippen molar-refractivity contribution >= 4 is 57.5 Å². The summed E-state index contributed by atoms with van der Waals surface area (Å²) in [5, 5.41) is 0. The van der Waals surface area contributed by atoms with Crippen molar-refractivity contribution in [1.82, 2.24) is 0 Å². The minimum Gasteiger partial charge on any atom is -0.139 e. The lowest BCUT2D eigenvalue weighted by atomic mass is 10.0. The van der Waals surface area contributed by atoms with E-state index in [9.17, 15) is 0 Å². The fourth-order valence-electron chi connectivity index (χ4n) is 9.97. The molecule has 0 saturated heterocycles. The molecule has 380 valence electrons. The summed E-state index contributed by atoms with van der Waals surface area (Å²) in [7, 11) is 0. The molecule has 0 atom stereocenters. The van der Waals surface area contributed by atoms with Gasteiger partial charge in [-0.1, -0.05) is 242 Å². The van der Waals surface area contributed by atoms with Crippen molar-refractivity contribution in [1.29, 1.82) is 0 Å². The number of benzene rings is 2. The Balaban J connectivity index is 1.03. The van der Waals surface area contributed by atoms with E-state index in [4.69, 9.17) is 0 Å². The Morgan fingerprint density at radius 3 is 0.929 bits per heavy atom. The molecule has 2 aromatic carbocycles. The third kappa shape index (κ3) is 19.8. The molecule has 4 heteroatoms. The summed E-state index contributed by atoms with van der Waals surface area (Å²) in [6.45, 7) is 9.25. The Labute approximate surface area is 444 Å². The van der Waals surface area contributed by atoms with Crippen LogP contribution in [0.15, 0.2) is 84.9 Å². The quantitative estimate of drug-likeness (QED) is 0.0268. The van der Waals surface area contributed by atoms with Crippen LogP contribution in [0.4, 0.5) is 0 Å². The minimum atomic E-state index is 1.18. The van der Waals surface area contributed by atoms with Gasteiger partial charge in [-0.25, -0.2) is 0 Å². The van der Waals surface area contributed by atoms with Crippen molar-refractivity contribution in [3.63, 3.8) is 0 Å². The molecule has 0 fully saturated rings. The average molecular weight is 1010 g/mol. The Morgan fingerprint density at radius 1 is 0.286 bits per heavy atom. The van der Waals surface area contributed by atoms with E-state index in [1.54, 1.807) is 20.9 Å². The zero-order valence-electron chi connectivity index (χ0n) is 44.5. The van der Waals surface area contributed by atoms with Crippen LogP contribution in [-0.4, -0.2) is 0 Å². The molecule has 0 nitrogen and oxygen atoms in total. The first-order valence-electron chi connectivity index (χ1n) is 28.9. The van der Waals surface area contributed by atoms with Gasteiger partial charge in [-0.2, -0.15) is 0 Å². The van der Waals surface area contributed by atoms with E-state index >= 15 is 0 Å². The molecule has 4 aromatic heterocycles. The molecule has 70 heavy (non-hydrogen) atoms. The summed E-state index contributed by atoms with van der Waals surface area (Å²) in [6.07, 6.45) is 47.8. The van der Waals surface area contributed by atoms with E-state index < -0.39 is 0 Å². The van der Waals surface area contributed by atoms with Gasteiger partial charge < -0.3 is 0 Å². The third-order valence-corrected chi connectivity index (χ3v) is 19.5. The van der Waals surface area contributed by atoms with Crippen molar-refractivity contribution in [3.8, 4) is 40.4 Å². The number of hydrogen-bond donors (Lipinski definition) is 0. The van der Waals surface area contributed by atoms with E-state index in [1.165, 1.54) is 257 Å². The highest BCUT2D eigenvalue weighted by Crippen LogP contribution is 2.44. The number of unbranched alkanes of at least 4 members (excludes halogenated alkanes) is 24. The van der Waals surface area contributed by atoms with Gasteiger partial charge >= 0.3 is 0 Å². The third-order valence-electron chi connectivity index (χ3n) is 14.4. The van der Waals surface area contributed by atoms with Crippen LogP contribution in [-0.2, 0) is 25.7 Å². The van der Waals surface area contributed by atoms with Gasteiger partial charge in [0, 0.05) is 39.0 Å². The molecule has 0 saturated carbocycles.